The van der Waals surface area contributed by atoms with Gasteiger partial charge in [-0.1, -0.05) is 18.2 Å². The Morgan fingerprint density at radius 1 is 1.36 bits per heavy atom. The molecule has 0 amide bonds. The summed E-state index contributed by atoms with van der Waals surface area (Å²) in [6, 6.07) is 7.19. The molecule has 2 rings (SSSR count). The first-order chi connectivity index (χ1) is 5.29. The molecule has 1 aromatic carbocycles. The molecule has 0 bridgehead atoms. The molecule has 0 aliphatic carbocycles. The van der Waals surface area contributed by atoms with Crippen molar-refractivity contribution in [2.24, 2.45) is 0 Å². The highest BCUT2D eigenvalue weighted by molar-refractivity contribution is 6.10. The second-order valence-electron chi connectivity index (χ2n) is 2.53. The first kappa shape index (κ1) is 6.37. The molecule has 1 aliphatic heterocycles. The first-order valence-electron chi connectivity index (χ1n) is 3.40. The summed E-state index contributed by atoms with van der Waals surface area (Å²) in [5.41, 5.74) is 1.80. The Labute approximate surface area is 64.3 Å². The van der Waals surface area contributed by atoms with E-state index in [2.05, 4.69) is 0 Å². The van der Waals surface area contributed by atoms with Crippen LogP contribution in [0.15, 0.2) is 24.3 Å². The predicted molar refractivity (Wildman–Crippen MR) is 44.0 cm³/mol. The molecule has 0 spiro atoms. The highest BCUT2D eigenvalue weighted by Crippen LogP contribution is 2.25. The topological polar surface area (TPSA) is 50.2 Å². The van der Waals surface area contributed by atoms with Gasteiger partial charge in [0.25, 0.3) is 0 Å². The van der Waals surface area contributed by atoms with Gasteiger partial charge in [0.2, 0.25) is 0 Å². The maximum atomic E-state index is 11.1. The maximum Gasteiger partial charge on any atom is 0.0591 e. The van der Waals surface area contributed by atoms with Gasteiger partial charge in [-0.05, 0) is 6.07 Å². The smallest absolute Gasteiger partial charge is 0.0591 e. The summed E-state index contributed by atoms with van der Waals surface area (Å²) in [5.74, 6) is 0. The van der Waals surface area contributed by atoms with Crippen LogP contribution in [0.25, 0.3) is 0 Å². The van der Waals surface area contributed by atoms with E-state index in [1.165, 1.54) is 0 Å². The Morgan fingerprint density at radius 3 is 2.82 bits per heavy atom. The van der Waals surface area contributed by atoms with Crippen LogP contribution in [0.5, 0.6) is 0 Å². The van der Waals surface area contributed by atoms with E-state index in [4.69, 9.17) is 5.41 Å². The zero-order chi connectivity index (χ0) is 7.84. The number of fused-ring (bicyclic) bond motifs is 1. The molecule has 1 heterocycles. The van der Waals surface area contributed by atoms with Crippen LogP contribution in [0.1, 0.15) is 5.56 Å². The summed E-state index contributed by atoms with van der Waals surface area (Å²) in [7, 11) is 0. The van der Waals surface area contributed by atoms with E-state index in [9.17, 15) is 5.21 Å². The molecule has 0 atom stereocenters. The monoisotopic (exact) mass is 147 g/mol. The fourth-order valence-corrected chi connectivity index (χ4v) is 1.26. The van der Waals surface area contributed by atoms with Crippen LogP contribution >= 0.6 is 0 Å². The second kappa shape index (κ2) is 2.07. The van der Waals surface area contributed by atoms with Gasteiger partial charge in [0, 0.05) is 17.8 Å². The summed E-state index contributed by atoms with van der Waals surface area (Å²) in [6.45, 7) is 0.194. The fraction of sp³-hybridized carbons (Fsp3) is 0.125. The van der Waals surface area contributed by atoms with Gasteiger partial charge >= 0.3 is 0 Å². The lowest BCUT2D eigenvalue weighted by Crippen LogP contribution is -2.13. The Balaban J connectivity index is 2.60. The molecular weight excluding hydrogens is 140 g/mol. The number of para-hydroxylation sites is 1. The molecule has 3 nitrogen and oxygen atoms in total. The van der Waals surface area contributed by atoms with Crippen LogP contribution in [0.4, 0.5) is 5.69 Å². The van der Waals surface area contributed by atoms with E-state index < -0.39 is 0 Å². The van der Waals surface area contributed by atoms with Gasteiger partial charge in [0.15, 0.2) is 0 Å². The fourth-order valence-electron chi connectivity index (χ4n) is 1.26. The third-order valence-electron chi connectivity index (χ3n) is 1.80. The molecule has 0 saturated heterocycles. The molecule has 56 valence electrons. The number of hydrogen-bond acceptors (Lipinski definition) is 3. The highest BCUT2D eigenvalue weighted by Gasteiger charge is 2.15. The van der Waals surface area contributed by atoms with E-state index in [0.29, 0.717) is 11.4 Å². The Bertz CT molecular complexity index is 309. The molecule has 0 saturated carbocycles. The minimum Gasteiger partial charge on any atom is -0.758 e. The van der Waals surface area contributed by atoms with Gasteiger partial charge in [-0.15, -0.1) is 0 Å². The number of nitrogens with zero attached hydrogens (tertiary/aromatic N) is 1. The average Bonchev–Trinajstić information content (AvgIpc) is 2.30. The van der Waals surface area contributed by atoms with Crippen LogP contribution in [0.2, 0.25) is 0 Å². The van der Waals surface area contributed by atoms with E-state index in [-0.39, 0.29) is 6.54 Å². The van der Waals surface area contributed by atoms with Crippen molar-refractivity contribution >= 4 is 11.4 Å². The Morgan fingerprint density at radius 2 is 2.09 bits per heavy atom. The van der Waals surface area contributed by atoms with Gasteiger partial charge < -0.3 is 15.7 Å². The number of benzene rings is 1. The lowest BCUT2D eigenvalue weighted by molar-refractivity contribution is 1.17. The number of anilines is 1. The maximum absolute atomic E-state index is 11.1. The average molecular weight is 147 g/mol. The van der Waals surface area contributed by atoms with E-state index >= 15 is 0 Å². The van der Waals surface area contributed by atoms with Gasteiger partial charge in [-0.2, -0.15) is 0 Å². The van der Waals surface area contributed by atoms with E-state index in [0.717, 1.165) is 10.6 Å². The number of hydroxylamine groups is 1. The summed E-state index contributed by atoms with van der Waals surface area (Å²) in [4.78, 5) is 0. The molecule has 3 heteroatoms. The van der Waals surface area contributed by atoms with Crippen molar-refractivity contribution in [3.8, 4) is 0 Å². The molecule has 0 radical (unpaired) electrons. The third-order valence-corrected chi connectivity index (χ3v) is 1.80. The quantitative estimate of drug-likeness (QED) is 0.602. The summed E-state index contributed by atoms with van der Waals surface area (Å²) < 4.78 is 0. The van der Waals surface area contributed by atoms with Crippen LogP contribution in [0.3, 0.4) is 0 Å². The van der Waals surface area contributed by atoms with Crippen LogP contribution in [0, 0.1) is 10.6 Å². The molecule has 0 fully saturated rings. The highest BCUT2D eigenvalue weighted by atomic mass is 16.5. The Kier molecular flexibility index (Phi) is 1.20. The summed E-state index contributed by atoms with van der Waals surface area (Å²) >= 11 is 0. The number of rotatable bonds is 0. The minimum absolute atomic E-state index is 0.194. The van der Waals surface area contributed by atoms with Crippen LogP contribution in [-0.4, -0.2) is 12.3 Å². The zero-order valence-electron chi connectivity index (χ0n) is 5.87. The lowest BCUT2D eigenvalue weighted by atomic mass is 10.1. The van der Waals surface area contributed by atoms with Crippen molar-refractivity contribution in [1.29, 1.82) is 5.41 Å². The summed E-state index contributed by atoms with van der Waals surface area (Å²) in [5, 5.41) is 19.3. The van der Waals surface area contributed by atoms with Gasteiger partial charge in [0.05, 0.1) is 5.71 Å². The summed E-state index contributed by atoms with van der Waals surface area (Å²) in [6.07, 6.45) is 0. The molecule has 0 aromatic heterocycles. The van der Waals surface area contributed by atoms with Gasteiger partial charge in [-0.3, -0.25) is 0 Å². The van der Waals surface area contributed by atoms with Gasteiger partial charge in [0.1, 0.15) is 0 Å². The first-order valence-corrected chi connectivity index (χ1v) is 3.40. The lowest BCUT2D eigenvalue weighted by Gasteiger charge is -2.23. The third kappa shape index (κ3) is 0.816. The number of hydrogen-bond donors (Lipinski definition) is 1. The Hall–Kier alpha value is -1.35. The normalized spacial score (nSPS) is 15.4. The molecular formula is C8H7N2O-. The molecule has 11 heavy (non-hydrogen) atoms. The van der Waals surface area contributed by atoms with Gasteiger partial charge in [-0.25, -0.2) is 0 Å². The molecule has 1 N–H and O–H groups in total. The molecule has 1 aliphatic rings. The molecule has 1 aromatic rings. The zero-order valence-corrected chi connectivity index (χ0v) is 5.87. The SMILES string of the molecule is N=C1CN([O-])c2ccccc21. The van der Waals surface area contributed by atoms with Crippen molar-refractivity contribution in [1.82, 2.24) is 0 Å². The van der Waals surface area contributed by atoms with Crippen molar-refractivity contribution in [3.63, 3.8) is 0 Å². The van der Waals surface area contributed by atoms with E-state index in [1.807, 2.05) is 12.1 Å². The van der Waals surface area contributed by atoms with Crippen LogP contribution < -0.4 is 5.06 Å². The predicted octanol–water partition coefficient (Wildman–Crippen LogP) is 1.37. The second-order valence-corrected chi connectivity index (χ2v) is 2.53. The van der Waals surface area contributed by atoms with Crippen molar-refractivity contribution in [3.05, 3.63) is 35.0 Å². The van der Waals surface area contributed by atoms with Crippen molar-refractivity contribution in [2.75, 3.05) is 11.6 Å². The van der Waals surface area contributed by atoms with Crippen molar-refractivity contribution in [2.45, 2.75) is 0 Å². The number of nitrogens with one attached hydrogen (secondary N) is 1. The van der Waals surface area contributed by atoms with E-state index in [1.54, 1.807) is 12.1 Å². The van der Waals surface area contributed by atoms with Crippen LogP contribution in [-0.2, 0) is 0 Å². The minimum atomic E-state index is 0.194. The van der Waals surface area contributed by atoms with Crippen molar-refractivity contribution < 1.29 is 0 Å². The largest absolute Gasteiger partial charge is 0.758 e. The standard InChI is InChI=1S/C8H7N2O/c9-7-5-10(11)8-4-2-1-3-6(7)8/h1-4,9H,5H2/q-1. The molecule has 0 unspecified atom stereocenters.